The zero-order valence-electron chi connectivity index (χ0n) is 19.9. The molecule has 0 atom stereocenters. The van der Waals surface area contributed by atoms with E-state index in [4.69, 9.17) is 16.6 Å². The maximum Gasteiger partial charge on any atom is 0.223 e. The quantitative estimate of drug-likeness (QED) is 0.224. The summed E-state index contributed by atoms with van der Waals surface area (Å²) in [6.07, 6.45) is 0. The predicted molar refractivity (Wildman–Crippen MR) is 152 cm³/mol. The second-order valence-corrected chi connectivity index (χ2v) is 9.05. The highest BCUT2D eigenvalue weighted by atomic mass is 35.5. The van der Waals surface area contributed by atoms with Gasteiger partial charge in [-0.15, -0.1) is 0 Å². The second kappa shape index (κ2) is 10.2. The van der Waals surface area contributed by atoms with Crippen molar-refractivity contribution >= 4 is 11.6 Å². The highest BCUT2D eigenvalue weighted by Crippen LogP contribution is 2.32. The Morgan fingerprint density at radius 3 is 1.11 bits per heavy atom. The normalized spacial score (nSPS) is 10.8. The molecule has 0 aliphatic rings. The zero-order valence-corrected chi connectivity index (χ0v) is 20.7. The van der Waals surface area contributed by atoms with Crippen molar-refractivity contribution in [1.29, 1.82) is 0 Å². The van der Waals surface area contributed by atoms with E-state index in [9.17, 15) is 0 Å². The molecule has 0 amide bonds. The van der Waals surface area contributed by atoms with Crippen LogP contribution < -0.4 is 0 Å². The lowest BCUT2D eigenvalue weighted by Crippen LogP contribution is -1.93. The molecular weight excluding hydrogens is 474 g/mol. The van der Waals surface area contributed by atoms with Crippen LogP contribution in [0.3, 0.4) is 0 Å². The highest BCUT2D eigenvalue weighted by molar-refractivity contribution is 6.28. The molecule has 4 heteroatoms. The van der Waals surface area contributed by atoms with Gasteiger partial charge in [0, 0.05) is 22.3 Å². The smallest absolute Gasteiger partial charge is 0.223 e. The molecule has 0 saturated heterocycles. The summed E-state index contributed by atoms with van der Waals surface area (Å²) in [4.78, 5) is 13.9. The van der Waals surface area contributed by atoms with Gasteiger partial charge in [0.2, 0.25) is 5.28 Å². The number of aromatic nitrogens is 3. The second-order valence-electron chi connectivity index (χ2n) is 8.71. The van der Waals surface area contributed by atoms with Crippen LogP contribution in [0.2, 0.25) is 5.28 Å². The first-order chi connectivity index (χ1) is 18.2. The van der Waals surface area contributed by atoms with Gasteiger partial charge in [0.25, 0.3) is 0 Å². The Labute approximate surface area is 221 Å². The van der Waals surface area contributed by atoms with Crippen LogP contribution in [0.1, 0.15) is 0 Å². The number of halogens is 1. The Balaban J connectivity index is 1.40. The third-order valence-corrected chi connectivity index (χ3v) is 6.42. The molecule has 0 aliphatic carbocycles. The Morgan fingerprint density at radius 2 is 0.676 bits per heavy atom. The zero-order chi connectivity index (χ0) is 25.0. The van der Waals surface area contributed by atoms with Gasteiger partial charge >= 0.3 is 0 Å². The molecule has 0 saturated carbocycles. The topological polar surface area (TPSA) is 38.7 Å². The molecule has 0 unspecified atom stereocenters. The van der Waals surface area contributed by atoms with Crippen LogP contribution in [0, 0.1) is 0 Å². The lowest BCUT2D eigenvalue weighted by atomic mass is 9.98. The maximum atomic E-state index is 6.30. The van der Waals surface area contributed by atoms with Crippen molar-refractivity contribution in [3.05, 3.63) is 139 Å². The lowest BCUT2D eigenvalue weighted by molar-refractivity contribution is 1.18. The van der Waals surface area contributed by atoms with E-state index >= 15 is 0 Å². The number of rotatable bonds is 5. The average molecular weight is 496 g/mol. The van der Waals surface area contributed by atoms with Gasteiger partial charge in [-0.05, 0) is 40.9 Å². The lowest BCUT2D eigenvalue weighted by Gasteiger charge is -2.11. The molecule has 37 heavy (non-hydrogen) atoms. The molecular formula is C33H22ClN3. The number of nitrogens with zero attached hydrogens (tertiary/aromatic N) is 3. The Bertz CT molecular complexity index is 1590. The average Bonchev–Trinajstić information content (AvgIpc) is 2.98. The van der Waals surface area contributed by atoms with Crippen molar-refractivity contribution in [2.24, 2.45) is 0 Å². The number of hydrogen-bond acceptors (Lipinski definition) is 3. The van der Waals surface area contributed by atoms with E-state index in [0.29, 0.717) is 0 Å². The molecule has 6 rings (SSSR count). The number of hydrogen-bond donors (Lipinski definition) is 0. The van der Waals surface area contributed by atoms with Gasteiger partial charge in [-0.25, -0.2) is 15.0 Å². The van der Waals surface area contributed by atoms with Crippen LogP contribution in [0.5, 0.6) is 0 Å². The van der Waals surface area contributed by atoms with E-state index in [2.05, 4.69) is 70.6 Å². The molecule has 0 spiro atoms. The van der Waals surface area contributed by atoms with E-state index in [1.165, 1.54) is 0 Å². The van der Waals surface area contributed by atoms with Gasteiger partial charge in [-0.1, -0.05) is 115 Å². The summed E-state index contributed by atoms with van der Waals surface area (Å²) in [5.74, 6) is 0. The molecule has 4 aromatic carbocycles. The van der Waals surface area contributed by atoms with Crippen LogP contribution >= 0.6 is 11.6 Å². The highest BCUT2D eigenvalue weighted by Gasteiger charge is 2.11. The number of pyridine rings is 1. The molecule has 0 bridgehead atoms. The fourth-order valence-electron chi connectivity index (χ4n) is 4.37. The Hall–Kier alpha value is -4.60. The first kappa shape index (κ1) is 22.8. The minimum Gasteiger partial charge on any atom is -0.248 e. The van der Waals surface area contributed by atoms with Crippen molar-refractivity contribution < 1.29 is 0 Å². The van der Waals surface area contributed by atoms with E-state index < -0.39 is 0 Å². The summed E-state index contributed by atoms with van der Waals surface area (Å²) in [7, 11) is 0. The van der Waals surface area contributed by atoms with Gasteiger partial charge in [0.15, 0.2) is 0 Å². The van der Waals surface area contributed by atoms with E-state index in [0.717, 1.165) is 56.2 Å². The van der Waals surface area contributed by atoms with Crippen molar-refractivity contribution in [2.45, 2.75) is 0 Å². The molecule has 0 N–H and O–H groups in total. The summed E-state index contributed by atoms with van der Waals surface area (Å²) < 4.78 is 0. The van der Waals surface area contributed by atoms with Crippen LogP contribution in [0.15, 0.2) is 133 Å². The summed E-state index contributed by atoms with van der Waals surface area (Å²) >= 11 is 6.30. The van der Waals surface area contributed by atoms with Crippen LogP contribution in [-0.2, 0) is 0 Å². The van der Waals surface area contributed by atoms with Crippen LogP contribution in [0.25, 0.3) is 56.2 Å². The molecule has 0 aliphatic heterocycles. The van der Waals surface area contributed by atoms with Crippen molar-refractivity contribution in [3.63, 3.8) is 0 Å². The molecule has 0 radical (unpaired) electrons. The summed E-state index contributed by atoms with van der Waals surface area (Å²) in [6.45, 7) is 0. The maximum absolute atomic E-state index is 6.30. The van der Waals surface area contributed by atoms with Crippen LogP contribution in [0.4, 0.5) is 0 Å². The summed E-state index contributed by atoms with van der Waals surface area (Å²) in [5.41, 5.74) is 9.82. The van der Waals surface area contributed by atoms with Crippen molar-refractivity contribution in [3.8, 4) is 56.2 Å². The Kier molecular flexibility index (Phi) is 6.28. The monoisotopic (exact) mass is 495 g/mol. The third kappa shape index (κ3) is 5.04. The summed E-state index contributed by atoms with van der Waals surface area (Å²) in [5, 5.41) is 0.231. The molecule has 0 fully saturated rings. The first-order valence-corrected chi connectivity index (χ1v) is 12.4. The molecule has 3 nitrogen and oxygen atoms in total. The molecule has 6 aromatic rings. The van der Waals surface area contributed by atoms with Crippen molar-refractivity contribution in [2.75, 3.05) is 0 Å². The minimum atomic E-state index is 0.231. The van der Waals surface area contributed by atoms with Gasteiger partial charge in [0.1, 0.15) is 0 Å². The largest absolute Gasteiger partial charge is 0.248 e. The fraction of sp³-hybridized carbons (Fsp3) is 0. The fourth-order valence-corrected chi connectivity index (χ4v) is 4.55. The van der Waals surface area contributed by atoms with Crippen LogP contribution in [-0.4, -0.2) is 15.0 Å². The van der Waals surface area contributed by atoms with Gasteiger partial charge in [-0.2, -0.15) is 0 Å². The van der Waals surface area contributed by atoms with E-state index in [-0.39, 0.29) is 5.28 Å². The minimum absolute atomic E-state index is 0.231. The SMILES string of the molecule is Clc1nc(-c2ccccc2)cc(-c2ccc(-c3cc(-c4ccccc4)nc(-c4ccccc4)c3)cc2)n1. The van der Waals surface area contributed by atoms with Crippen molar-refractivity contribution in [1.82, 2.24) is 15.0 Å². The standard InChI is InChI=1S/C33H22ClN3/c34-33-36-31(26-14-8-3-9-15-26)22-32(37-33)27-18-16-23(17-19-27)28-20-29(24-10-4-1-5-11-24)35-30(21-28)25-12-6-2-7-13-25/h1-22H. The number of benzene rings is 4. The van der Waals surface area contributed by atoms with Gasteiger partial charge in [0.05, 0.1) is 22.8 Å². The summed E-state index contributed by atoms with van der Waals surface area (Å²) in [6, 6.07) is 45.2. The van der Waals surface area contributed by atoms with Gasteiger partial charge < -0.3 is 0 Å². The van der Waals surface area contributed by atoms with E-state index in [1.807, 2.05) is 72.8 Å². The predicted octanol–water partition coefficient (Wildman–Crippen LogP) is 8.86. The molecule has 2 aromatic heterocycles. The first-order valence-electron chi connectivity index (χ1n) is 12.1. The molecule has 2 heterocycles. The molecule has 176 valence electrons. The van der Waals surface area contributed by atoms with E-state index in [1.54, 1.807) is 0 Å². The van der Waals surface area contributed by atoms with Gasteiger partial charge in [-0.3, -0.25) is 0 Å². The Morgan fingerprint density at radius 1 is 0.324 bits per heavy atom. The third-order valence-electron chi connectivity index (χ3n) is 6.25.